The summed E-state index contributed by atoms with van der Waals surface area (Å²) in [5, 5.41) is 10.2. The predicted octanol–water partition coefficient (Wildman–Crippen LogP) is 6.19. The largest absolute Gasteiger partial charge is 0.491 e. The highest BCUT2D eigenvalue weighted by atomic mass is 35.5. The van der Waals surface area contributed by atoms with Gasteiger partial charge >= 0.3 is 5.97 Å². The molecule has 0 aliphatic rings. The fraction of sp³-hybridized carbons (Fsp3) is 0.455. The van der Waals surface area contributed by atoms with E-state index < -0.39 is 15.4 Å². The first-order valence-corrected chi connectivity index (χ1v) is 17.3. The molecule has 0 unspecified atom stereocenters. The first-order chi connectivity index (χ1) is 21.9. The summed E-state index contributed by atoms with van der Waals surface area (Å²) in [6, 6.07) is 15.0. The normalized spacial score (nSPS) is 11.5. The molecule has 3 aromatic rings. The van der Waals surface area contributed by atoms with Gasteiger partial charge in [-0.1, -0.05) is 50.9 Å². The highest BCUT2D eigenvalue weighted by Gasteiger charge is 2.26. The Morgan fingerprint density at radius 3 is 2.43 bits per heavy atom. The van der Waals surface area contributed by atoms with E-state index in [1.165, 1.54) is 6.20 Å². The molecule has 0 fully saturated rings. The number of nitrogens with zero attached hydrogens (tertiary/aromatic N) is 3. The number of anilines is 1. The van der Waals surface area contributed by atoms with Crippen LogP contribution < -0.4 is 14.2 Å². The molecule has 0 saturated heterocycles. The number of benzene rings is 2. The molecule has 0 aliphatic carbocycles. The number of rotatable bonds is 19. The fourth-order valence-electron chi connectivity index (χ4n) is 4.35. The van der Waals surface area contributed by atoms with Gasteiger partial charge in [0.2, 0.25) is 16.0 Å². The molecule has 3 rings (SSSR count). The molecule has 0 amide bonds. The van der Waals surface area contributed by atoms with Gasteiger partial charge in [-0.3, -0.25) is 4.72 Å². The first kappa shape index (κ1) is 36.5. The number of nitriles is 1. The van der Waals surface area contributed by atoms with Crippen LogP contribution in [-0.4, -0.2) is 57.0 Å². The van der Waals surface area contributed by atoms with Crippen LogP contribution >= 0.6 is 11.6 Å². The lowest BCUT2D eigenvalue weighted by molar-refractivity contribution is -0.149. The van der Waals surface area contributed by atoms with E-state index in [1.807, 2.05) is 51.1 Å². The summed E-state index contributed by atoms with van der Waals surface area (Å²) < 4.78 is 47.3. The van der Waals surface area contributed by atoms with Gasteiger partial charge in [-0.2, -0.15) is 5.26 Å². The average Bonchev–Trinajstić information content (AvgIpc) is 3.01. The molecule has 0 radical (unpaired) electrons. The van der Waals surface area contributed by atoms with Gasteiger partial charge in [0, 0.05) is 18.2 Å². The van der Waals surface area contributed by atoms with Crippen LogP contribution in [0.3, 0.4) is 0 Å². The summed E-state index contributed by atoms with van der Waals surface area (Å²) in [6.07, 6.45) is 6.64. The lowest BCUT2D eigenvalue weighted by atomic mass is 9.77. The second kappa shape index (κ2) is 17.7. The maximum absolute atomic E-state index is 11.6. The van der Waals surface area contributed by atoms with E-state index in [2.05, 4.69) is 20.8 Å². The van der Waals surface area contributed by atoms with Gasteiger partial charge in [0.15, 0.2) is 5.75 Å². The molecule has 0 saturated carbocycles. The Morgan fingerprint density at radius 1 is 1.00 bits per heavy atom. The standard InChI is InChI=1S/C33H41ClN4O7S/c1-5-6-17-43-30(39)23-42-16-8-7-9-18-44-31-24(21-35)19-26(20-29(31)34)33(2,3)25-10-12-28(13-11-25)45-22-27-14-15-36-32(37-27)38-46(4,40)41/h10-15,19-20H,5-9,16-18,22-23H2,1-4H3,(H,36,37,38). The van der Waals surface area contributed by atoms with Crippen molar-refractivity contribution in [3.8, 4) is 17.6 Å². The Morgan fingerprint density at radius 2 is 1.74 bits per heavy atom. The molecule has 0 atom stereocenters. The van der Waals surface area contributed by atoms with Crippen molar-refractivity contribution < 1.29 is 32.2 Å². The zero-order valence-electron chi connectivity index (χ0n) is 26.7. The van der Waals surface area contributed by atoms with Crippen LogP contribution in [0.25, 0.3) is 0 Å². The van der Waals surface area contributed by atoms with Gasteiger partial charge in [0.1, 0.15) is 25.0 Å². The van der Waals surface area contributed by atoms with Crippen molar-refractivity contribution in [2.75, 3.05) is 37.4 Å². The van der Waals surface area contributed by atoms with Crippen molar-refractivity contribution in [3.63, 3.8) is 0 Å². The summed E-state index contributed by atoms with van der Waals surface area (Å²) in [7, 11) is -3.49. The summed E-state index contributed by atoms with van der Waals surface area (Å²) in [4.78, 5) is 19.6. The van der Waals surface area contributed by atoms with Gasteiger partial charge in [0.25, 0.3) is 0 Å². The van der Waals surface area contributed by atoms with Gasteiger partial charge in [0.05, 0.1) is 35.7 Å². The maximum Gasteiger partial charge on any atom is 0.332 e. The van der Waals surface area contributed by atoms with E-state index in [0.29, 0.717) is 47.6 Å². The highest BCUT2D eigenvalue weighted by Crippen LogP contribution is 2.38. The van der Waals surface area contributed by atoms with Crippen molar-refractivity contribution in [1.82, 2.24) is 9.97 Å². The van der Waals surface area contributed by atoms with Crippen molar-refractivity contribution in [2.45, 2.75) is 64.9 Å². The Kier molecular flexibility index (Phi) is 14.1. The third kappa shape index (κ3) is 11.8. The Hall–Kier alpha value is -3.92. The number of nitrogens with one attached hydrogen (secondary N) is 1. The van der Waals surface area contributed by atoms with Crippen molar-refractivity contribution >= 4 is 33.5 Å². The van der Waals surface area contributed by atoms with E-state index in [1.54, 1.807) is 12.1 Å². The monoisotopic (exact) mass is 672 g/mol. The minimum atomic E-state index is -3.49. The van der Waals surface area contributed by atoms with Crippen molar-refractivity contribution in [3.05, 3.63) is 76.1 Å². The molecule has 1 N–H and O–H groups in total. The second-order valence-corrected chi connectivity index (χ2v) is 13.3. The van der Waals surface area contributed by atoms with Crippen LogP contribution in [-0.2, 0) is 36.3 Å². The number of hydrogen-bond donors (Lipinski definition) is 1. The number of unbranched alkanes of at least 4 members (excludes halogenated alkanes) is 3. The molecular formula is C33H41ClN4O7S. The smallest absolute Gasteiger partial charge is 0.332 e. The predicted molar refractivity (Wildman–Crippen MR) is 176 cm³/mol. The number of sulfonamides is 1. The van der Waals surface area contributed by atoms with Crippen LogP contribution in [0, 0.1) is 11.3 Å². The number of carbonyl (C=O) groups excluding carboxylic acids is 1. The van der Waals surface area contributed by atoms with Crippen molar-refractivity contribution in [2.24, 2.45) is 0 Å². The minimum absolute atomic E-state index is 0.0207. The van der Waals surface area contributed by atoms with Gasteiger partial charge in [-0.25, -0.2) is 23.2 Å². The van der Waals surface area contributed by atoms with Crippen LogP contribution in [0.15, 0.2) is 48.7 Å². The summed E-state index contributed by atoms with van der Waals surface area (Å²) >= 11 is 6.63. The topological polar surface area (TPSA) is 150 Å². The van der Waals surface area contributed by atoms with Gasteiger partial charge in [-0.15, -0.1) is 0 Å². The lowest BCUT2D eigenvalue weighted by Gasteiger charge is -2.27. The molecule has 248 valence electrons. The zero-order chi connectivity index (χ0) is 33.6. The quantitative estimate of drug-likeness (QED) is 0.115. The van der Waals surface area contributed by atoms with E-state index in [-0.39, 0.29) is 25.1 Å². The Balaban J connectivity index is 1.52. The van der Waals surface area contributed by atoms with Crippen LogP contribution in [0.2, 0.25) is 5.02 Å². The third-order valence-electron chi connectivity index (χ3n) is 7.00. The van der Waals surface area contributed by atoms with Gasteiger partial charge in [-0.05, 0) is 67.1 Å². The summed E-state index contributed by atoms with van der Waals surface area (Å²) in [5.41, 5.74) is 2.21. The van der Waals surface area contributed by atoms with E-state index in [4.69, 9.17) is 30.5 Å². The molecule has 0 spiro atoms. The Bertz CT molecular complexity index is 1590. The van der Waals surface area contributed by atoms with E-state index >= 15 is 0 Å². The number of carbonyl (C=O) groups is 1. The molecule has 46 heavy (non-hydrogen) atoms. The van der Waals surface area contributed by atoms with E-state index in [9.17, 15) is 18.5 Å². The molecule has 1 heterocycles. The lowest BCUT2D eigenvalue weighted by Crippen LogP contribution is -2.19. The number of aromatic nitrogens is 2. The summed E-state index contributed by atoms with van der Waals surface area (Å²) in [5.74, 6) is 0.600. The number of ether oxygens (including phenoxy) is 4. The molecular weight excluding hydrogens is 632 g/mol. The zero-order valence-corrected chi connectivity index (χ0v) is 28.2. The Labute approximate surface area is 276 Å². The number of hydrogen-bond acceptors (Lipinski definition) is 10. The van der Waals surface area contributed by atoms with E-state index in [0.717, 1.165) is 49.5 Å². The molecule has 2 aromatic carbocycles. The molecule has 13 heteroatoms. The highest BCUT2D eigenvalue weighted by molar-refractivity contribution is 7.91. The van der Waals surface area contributed by atoms with Crippen molar-refractivity contribution in [1.29, 1.82) is 5.26 Å². The molecule has 1 aromatic heterocycles. The number of halogens is 1. The van der Waals surface area contributed by atoms with Crippen LogP contribution in [0.4, 0.5) is 5.95 Å². The fourth-order valence-corrected chi connectivity index (χ4v) is 5.06. The third-order valence-corrected chi connectivity index (χ3v) is 7.83. The molecule has 0 bridgehead atoms. The SMILES string of the molecule is CCCCOC(=O)COCCCCCOc1c(Cl)cc(C(C)(C)c2ccc(OCc3ccnc(NS(C)(=O)=O)n3)cc2)cc1C#N. The average molecular weight is 673 g/mol. The summed E-state index contributed by atoms with van der Waals surface area (Å²) in [6.45, 7) is 7.47. The number of esters is 1. The maximum atomic E-state index is 11.6. The van der Waals surface area contributed by atoms with Crippen LogP contribution in [0.1, 0.15) is 75.3 Å². The molecule has 11 nitrogen and oxygen atoms in total. The molecule has 0 aliphatic heterocycles. The van der Waals surface area contributed by atoms with Crippen LogP contribution in [0.5, 0.6) is 11.5 Å². The second-order valence-electron chi connectivity index (χ2n) is 11.2. The van der Waals surface area contributed by atoms with Gasteiger partial charge < -0.3 is 18.9 Å². The minimum Gasteiger partial charge on any atom is -0.491 e. The first-order valence-electron chi connectivity index (χ1n) is 15.1.